The van der Waals surface area contributed by atoms with Gasteiger partial charge in [0.15, 0.2) is 0 Å². The van der Waals surface area contributed by atoms with Gasteiger partial charge in [0.25, 0.3) is 0 Å². The van der Waals surface area contributed by atoms with Gasteiger partial charge in [-0.2, -0.15) is 13.2 Å². The van der Waals surface area contributed by atoms with Gasteiger partial charge in [-0.25, -0.2) is 0 Å². The normalized spacial score (nSPS) is 14.5. The van der Waals surface area contributed by atoms with Crippen molar-refractivity contribution in [2.24, 2.45) is 5.41 Å². The molecule has 0 bridgehead atoms. The summed E-state index contributed by atoms with van der Waals surface area (Å²) in [5.41, 5.74) is 0.176. The van der Waals surface area contributed by atoms with Crippen LogP contribution in [0.25, 0.3) is 0 Å². The van der Waals surface area contributed by atoms with Gasteiger partial charge in [-0.15, -0.1) is 0 Å². The standard InChI is InChI=1S/C15H22F3N/c1-5-19-13(10-14(2,3)4)11-7-6-8-12(9-11)15(16,17)18/h6-9,13,19H,5,10H2,1-4H3. The summed E-state index contributed by atoms with van der Waals surface area (Å²) in [5.74, 6) is 0. The number of benzene rings is 1. The van der Waals surface area contributed by atoms with Crippen LogP contribution < -0.4 is 5.32 Å². The second kappa shape index (κ2) is 5.95. The minimum atomic E-state index is -4.28. The summed E-state index contributed by atoms with van der Waals surface area (Å²) in [5, 5.41) is 3.27. The van der Waals surface area contributed by atoms with E-state index in [0.29, 0.717) is 5.56 Å². The van der Waals surface area contributed by atoms with Crippen LogP contribution in [0, 0.1) is 5.41 Å². The van der Waals surface area contributed by atoms with Crippen LogP contribution in [-0.2, 0) is 6.18 Å². The summed E-state index contributed by atoms with van der Waals surface area (Å²) in [6.07, 6.45) is -3.49. The summed E-state index contributed by atoms with van der Waals surface area (Å²) >= 11 is 0. The van der Waals surface area contributed by atoms with Crippen molar-refractivity contribution in [1.82, 2.24) is 5.32 Å². The lowest BCUT2D eigenvalue weighted by Crippen LogP contribution is -2.25. The van der Waals surface area contributed by atoms with E-state index in [0.717, 1.165) is 19.0 Å². The predicted molar refractivity (Wildman–Crippen MR) is 71.9 cm³/mol. The smallest absolute Gasteiger partial charge is 0.310 e. The van der Waals surface area contributed by atoms with Crippen LogP contribution in [-0.4, -0.2) is 6.54 Å². The van der Waals surface area contributed by atoms with E-state index in [2.05, 4.69) is 26.1 Å². The lowest BCUT2D eigenvalue weighted by atomic mass is 9.85. The van der Waals surface area contributed by atoms with E-state index in [1.807, 2.05) is 6.92 Å². The largest absolute Gasteiger partial charge is 0.416 e. The first-order chi connectivity index (χ1) is 8.63. The van der Waals surface area contributed by atoms with Gasteiger partial charge in [0, 0.05) is 6.04 Å². The average Bonchev–Trinajstić information content (AvgIpc) is 2.26. The summed E-state index contributed by atoms with van der Waals surface area (Å²) in [4.78, 5) is 0. The minimum absolute atomic E-state index is 0.0488. The zero-order valence-electron chi connectivity index (χ0n) is 11.9. The minimum Gasteiger partial charge on any atom is -0.310 e. The van der Waals surface area contributed by atoms with Gasteiger partial charge < -0.3 is 5.32 Å². The van der Waals surface area contributed by atoms with E-state index in [-0.39, 0.29) is 11.5 Å². The molecule has 1 nitrogen and oxygen atoms in total. The Morgan fingerprint density at radius 2 is 1.79 bits per heavy atom. The average molecular weight is 273 g/mol. The molecule has 1 N–H and O–H groups in total. The topological polar surface area (TPSA) is 12.0 Å². The summed E-state index contributed by atoms with van der Waals surface area (Å²) in [7, 11) is 0. The molecule has 1 atom stereocenters. The van der Waals surface area contributed by atoms with Crippen LogP contribution in [0.1, 0.15) is 51.3 Å². The van der Waals surface area contributed by atoms with Crippen molar-refractivity contribution >= 4 is 0 Å². The molecular weight excluding hydrogens is 251 g/mol. The highest BCUT2D eigenvalue weighted by atomic mass is 19.4. The van der Waals surface area contributed by atoms with Gasteiger partial charge in [-0.05, 0) is 36.1 Å². The Morgan fingerprint density at radius 3 is 2.26 bits per heavy atom. The van der Waals surface area contributed by atoms with Gasteiger partial charge in [-0.1, -0.05) is 39.8 Å². The molecule has 1 unspecified atom stereocenters. The molecule has 0 aliphatic rings. The fraction of sp³-hybridized carbons (Fsp3) is 0.600. The van der Waals surface area contributed by atoms with E-state index < -0.39 is 11.7 Å². The van der Waals surface area contributed by atoms with Gasteiger partial charge >= 0.3 is 6.18 Å². The number of hydrogen-bond donors (Lipinski definition) is 1. The Kier molecular flexibility index (Phi) is 5.02. The van der Waals surface area contributed by atoms with Gasteiger partial charge in [0.05, 0.1) is 5.56 Å². The van der Waals surface area contributed by atoms with E-state index in [1.165, 1.54) is 12.1 Å². The molecule has 0 saturated heterocycles. The molecule has 0 aliphatic heterocycles. The molecule has 0 aliphatic carbocycles. The molecule has 0 aromatic heterocycles. The van der Waals surface area contributed by atoms with Gasteiger partial charge in [0.1, 0.15) is 0 Å². The molecule has 1 aromatic carbocycles. The Morgan fingerprint density at radius 1 is 1.16 bits per heavy atom. The van der Waals surface area contributed by atoms with E-state index in [1.54, 1.807) is 6.07 Å². The van der Waals surface area contributed by atoms with Crippen molar-refractivity contribution in [2.45, 2.75) is 46.3 Å². The summed E-state index contributed by atoms with van der Waals surface area (Å²) in [6.45, 7) is 8.96. The SMILES string of the molecule is CCNC(CC(C)(C)C)c1cccc(C(F)(F)F)c1. The molecule has 1 rings (SSSR count). The second-order valence-corrected chi connectivity index (χ2v) is 6.00. The second-order valence-electron chi connectivity index (χ2n) is 6.00. The first kappa shape index (κ1) is 16.0. The highest BCUT2D eigenvalue weighted by Crippen LogP contribution is 2.34. The molecular formula is C15H22F3N. The molecule has 4 heteroatoms. The molecule has 0 spiro atoms. The zero-order chi connectivity index (χ0) is 14.7. The highest BCUT2D eigenvalue weighted by molar-refractivity contribution is 5.28. The highest BCUT2D eigenvalue weighted by Gasteiger charge is 2.31. The van der Waals surface area contributed by atoms with Gasteiger partial charge in [0.2, 0.25) is 0 Å². The first-order valence-corrected chi connectivity index (χ1v) is 6.54. The summed E-state index contributed by atoms with van der Waals surface area (Å²) < 4.78 is 38.2. The molecule has 108 valence electrons. The van der Waals surface area contributed by atoms with Crippen LogP contribution >= 0.6 is 0 Å². The van der Waals surface area contributed by atoms with Crippen LogP contribution in [0.4, 0.5) is 13.2 Å². The molecule has 0 heterocycles. The van der Waals surface area contributed by atoms with Crippen LogP contribution in [0.3, 0.4) is 0 Å². The fourth-order valence-electron chi connectivity index (χ4n) is 2.10. The summed E-state index contributed by atoms with van der Waals surface area (Å²) in [6, 6.07) is 5.55. The van der Waals surface area contributed by atoms with Crippen LogP contribution in [0.5, 0.6) is 0 Å². The molecule has 0 amide bonds. The third kappa shape index (κ3) is 5.23. The van der Waals surface area contributed by atoms with Crippen molar-refractivity contribution in [3.63, 3.8) is 0 Å². The Bertz CT molecular complexity index is 405. The van der Waals surface area contributed by atoms with E-state index in [9.17, 15) is 13.2 Å². The van der Waals surface area contributed by atoms with Gasteiger partial charge in [-0.3, -0.25) is 0 Å². The van der Waals surface area contributed by atoms with Crippen molar-refractivity contribution in [3.05, 3.63) is 35.4 Å². The zero-order valence-corrected chi connectivity index (χ0v) is 11.9. The lowest BCUT2D eigenvalue weighted by Gasteiger charge is -2.27. The predicted octanol–water partition coefficient (Wildman–Crippen LogP) is 4.79. The maximum Gasteiger partial charge on any atom is 0.416 e. The van der Waals surface area contributed by atoms with Crippen molar-refractivity contribution in [1.29, 1.82) is 0 Å². The van der Waals surface area contributed by atoms with E-state index in [4.69, 9.17) is 0 Å². The molecule has 0 saturated carbocycles. The maximum atomic E-state index is 12.7. The number of nitrogens with one attached hydrogen (secondary N) is 1. The maximum absolute atomic E-state index is 12.7. The third-order valence-corrected chi connectivity index (χ3v) is 2.88. The Balaban J connectivity index is 3.03. The molecule has 19 heavy (non-hydrogen) atoms. The lowest BCUT2D eigenvalue weighted by molar-refractivity contribution is -0.137. The number of hydrogen-bond acceptors (Lipinski definition) is 1. The monoisotopic (exact) mass is 273 g/mol. The van der Waals surface area contributed by atoms with Crippen molar-refractivity contribution in [3.8, 4) is 0 Å². The third-order valence-electron chi connectivity index (χ3n) is 2.88. The Labute approximate surface area is 113 Å². The Hall–Kier alpha value is -1.03. The van der Waals surface area contributed by atoms with E-state index >= 15 is 0 Å². The van der Waals surface area contributed by atoms with Crippen LogP contribution in [0.15, 0.2) is 24.3 Å². The molecule has 1 aromatic rings. The van der Waals surface area contributed by atoms with Crippen LogP contribution in [0.2, 0.25) is 0 Å². The molecule has 0 radical (unpaired) electrons. The molecule has 0 fully saturated rings. The fourth-order valence-corrected chi connectivity index (χ4v) is 2.10. The quantitative estimate of drug-likeness (QED) is 0.831. The van der Waals surface area contributed by atoms with Crippen molar-refractivity contribution in [2.75, 3.05) is 6.54 Å². The number of halogens is 3. The van der Waals surface area contributed by atoms with Crippen molar-refractivity contribution < 1.29 is 13.2 Å². The number of alkyl halides is 3. The number of rotatable bonds is 4. The first-order valence-electron chi connectivity index (χ1n) is 6.54.